The Balaban J connectivity index is 1.59. The van der Waals surface area contributed by atoms with Crippen LogP contribution in [0.5, 0.6) is 0 Å². The number of fused-ring (bicyclic) bond motifs is 4. The number of nitrogens with zero attached hydrogens (tertiary/aromatic N) is 1. The van der Waals surface area contributed by atoms with Crippen LogP contribution in [0, 0.1) is 17.7 Å². The molecular formula is C24H21BrFN. The Morgan fingerprint density at radius 2 is 1.63 bits per heavy atom. The second-order valence-electron chi connectivity index (χ2n) is 8.38. The Hall–Kier alpha value is -1.87. The van der Waals surface area contributed by atoms with E-state index < -0.39 is 0 Å². The molecule has 0 spiro atoms. The molecule has 5 atom stereocenters. The molecule has 0 aromatic heterocycles. The van der Waals surface area contributed by atoms with Gasteiger partial charge in [-0.15, -0.1) is 0 Å². The molecule has 27 heavy (non-hydrogen) atoms. The van der Waals surface area contributed by atoms with Gasteiger partial charge in [0.25, 0.3) is 0 Å². The predicted molar refractivity (Wildman–Crippen MR) is 111 cm³/mol. The largest absolute Gasteiger partial charge is 0.363 e. The van der Waals surface area contributed by atoms with Gasteiger partial charge in [0.1, 0.15) is 5.82 Å². The number of halogens is 2. The molecule has 4 aliphatic rings. The van der Waals surface area contributed by atoms with Crippen molar-refractivity contribution in [2.75, 3.05) is 11.4 Å². The lowest BCUT2D eigenvalue weighted by Gasteiger charge is -2.51. The summed E-state index contributed by atoms with van der Waals surface area (Å²) in [7, 11) is 0. The van der Waals surface area contributed by atoms with E-state index in [1.54, 1.807) is 12.1 Å². The van der Waals surface area contributed by atoms with Crippen molar-refractivity contribution in [1.29, 1.82) is 0 Å². The van der Waals surface area contributed by atoms with Gasteiger partial charge >= 0.3 is 0 Å². The van der Waals surface area contributed by atoms with Crippen LogP contribution in [0.1, 0.15) is 47.4 Å². The number of allylic oxidation sites excluding steroid dienone is 4. The Morgan fingerprint density at radius 1 is 0.926 bits per heavy atom. The van der Waals surface area contributed by atoms with Gasteiger partial charge in [0.05, 0.1) is 6.04 Å². The third-order valence-corrected chi connectivity index (χ3v) is 7.55. The monoisotopic (exact) mass is 421 g/mol. The molecule has 0 amide bonds. The first kappa shape index (κ1) is 16.1. The zero-order chi connectivity index (χ0) is 18.1. The molecule has 1 nitrogen and oxygen atoms in total. The quantitative estimate of drug-likeness (QED) is 0.476. The SMILES string of the molecule is Fc1cc2c3c(c1)[C@@H]1C=CC[C@@H]1[C@H](c1ccc(Br)cc1)N3C[C@H]1CC=C[C@H]21. The van der Waals surface area contributed by atoms with Gasteiger partial charge in [0, 0.05) is 28.5 Å². The van der Waals surface area contributed by atoms with Gasteiger partial charge in [-0.25, -0.2) is 4.39 Å². The highest BCUT2D eigenvalue weighted by Gasteiger charge is 2.47. The second kappa shape index (κ2) is 5.81. The molecule has 2 aliphatic heterocycles. The second-order valence-corrected chi connectivity index (χ2v) is 9.30. The van der Waals surface area contributed by atoms with Crippen molar-refractivity contribution >= 4 is 21.6 Å². The van der Waals surface area contributed by atoms with Gasteiger partial charge in [0.2, 0.25) is 0 Å². The van der Waals surface area contributed by atoms with E-state index in [4.69, 9.17) is 0 Å². The molecule has 3 heteroatoms. The van der Waals surface area contributed by atoms with E-state index in [1.807, 2.05) is 0 Å². The Kier molecular flexibility index (Phi) is 3.47. The van der Waals surface area contributed by atoms with Crippen LogP contribution in [0.4, 0.5) is 10.1 Å². The lowest BCUT2D eigenvalue weighted by Crippen LogP contribution is -2.46. The molecule has 0 fully saturated rings. The van der Waals surface area contributed by atoms with Gasteiger partial charge in [-0.05, 0) is 65.6 Å². The van der Waals surface area contributed by atoms with Gasteiger partial charge in [-0.1, -0.05) is 52.4 Å². The summed E-state index contributed by atoms with van der Waals surface area (Å²) in [4.78, 5) is 2.62. The summed E-state index contributed by atoms with van der Waals surface area (Å²) < 4.78 is 15.7. The summed E-state index contributed by atoms with van der Waals surface area (Å²) in [6, 6.07) is 12.8. The van der Waals surface area contributed by atoms with Crippen LogP contribution in [0.15, 0.2) is 65.2 Å². The predicted octanol–water partition coefficient (Wildman–Crippen LogP) is 6.48. The molecule has 0 unspecified atom stereocenters. The van der Waals surface area contributed by atoms with Crippen LogP contribution in [0.2, 0.25) is 0 Å². The Labute approximate surface area is 167 Å². The lowest BCUT2D eigenvalue weighted by molar-refractivity contribution is 0.333. The number of hydrogen-bond acceptors (Lipinski definition) is 1. The zero-order valence-electron chi connectivity index (χ0n) is 15.0. The molecule has 0 saturated carbocycles. The molecule has 2 aromatic rings. The van der Waals surface area contributed by atoms with Crippen molar-refractivity contribution in [3.63, 3.8) is 0 Å². The topological polar surface area (TPSA) is 3.24 Å². The highest BCUT2D eigenvalue weighted by Crippen LogP contribution is 2.58. The van der Waals surface area contributed by atoms with Crippen LogP contribution in [-0.4, -0.2) is 6.54 Å². The van der Waals surface area contributed by atoms with Crippen LogP contribution >= 0.6 is 15.9 Å². The van der Waals surface area contributed by atoms with Crippen molar-refractivity contribution < 1.29 is 4.39 Å². The van der Waals surface area contributed by atoms with E-state index >= 15 is 0 Å². The van der Waals surface area contributed by atoms with Gasteiger partial charge in [-0.3, -0.25) is 0 Å². The van der Waals surface area contributed by atoms with E-state index in [9.17, 15) is 4.39 Å². The molecule has 0 saturated heterocycles. The third kappa shape index (κ3) is 2.27. The summed E-state index contributed by atoms with van der Waals surface area (Å²) in [5, 5.41) is 0. The molecule has 2 aromatic carbocycles. The van der Waals surface area contributed by atoms with E-state index in [2.05, 4.69) is 69.4 Å². The van der Waals surface area contributed by atoms with Gasteiger partial charge in [-0.2, -0.15) is 0 Å². The van der Waals surface area contributed by atoms with Crippen LogP contribution in [-0.2, 0) is 0 Å². The van der Waals surface area contributed by atoms with Crippen molar-refractivity contribution in [2.45, 2.75) is 30.7 Å². The zero-order valence-corrected chi connectivity index (χ0v) is 16.6. The molecular weight excluding hydrogens is 401 g/mol. The van der Waals surface area contributed by atoms with Crippen molar-refractivity contribution in [3.05, 3.63) is 87.7 Å². The number of benzene rings is 2. The minimum Gasteiger partial charge on any atom is -0.363 e. The first-order chi connectivity index (χ1) is 13.2. The van der Waals surface area contributed by atoms with Gasteiger partial charge in [0.15, 0.2) is 0 Å². The van der Waals surface area contributed by atoms with Crippen molar-refractivity contribution in [1.82, 2.24) is 0 Å². The standard InChI is InChI=1S/C24H21BrFN/c25-16-9-7-14(8-10-16)23-20-6-2-5-19(20)22-12-17(26)11-21-18-4-1-3-15(18)13-27(23)24(21)22/h1-2,4-5,7-12,15,18-20,23H,3,6,13H2/t15-,18+,19-,20+,23+/m1/s1. The fourth-order valence-corrected chi connectivity index (χ4v) is 6.24. The molecule has 0 bridgehead atoms. The van der Waals surface area contributed by atoms with Crippen molar-refractivity contribution in [2.24, 2.45) is 11.8 Å². The summed E-state index contributed by atoms with van der Waals surface area (Å²) in [5.41, 5.74) is 5.10. The fourth-order valence-electron chi connectivity index (χ4n) is 5.98. The maximum absolute atomic E-state index is 14.6. The van der Waals surface area contributed by atoms with Gasteiger partial charge < -0.3 is 4.90 Å². The smallest absolute Gasteiger partial charge is 0.123 e. The van der Waals surface area contributed by atoms with Crippen LogP contribution in [0.25, 0.3) is 0 Å². The summed E-state index contributed by atoms with van der Waals surface area (Å²) in [6.07, 6.45) is 11.4. The minimum absolute atomic E-state index is 0.0780. The van der Waals surface area contributed by atoms with Crippen LogP contribution < -0.4 is 4.90 Å². The average Bonchev–Trinajstić information content (AvgIpc) is 3.32. The number of rotatable bonds is 1. The summed E-state index contributed by atoms with van der Waals surface area (Å²) >= 11 is 3.58. The Bertz CT molecular complexity index is 959. The maximum atomic E-state index is 14.6. The highest BCUT2D eigenvalue weighted by molar-refractivity contribution is 9.10. The maximum Gasteiger partial charge on any atom is 0.123 e. The van der Waals surface area contributed by atoms with E-state index in [0.29, 0.717) is 29.7 Å². The Morgan fingerprint density at radius 3 is 2.44 bits per heavy atom. The van der Waals surface area contributed by atoms with Crippen molar-refractivity contribution in [3.8, 4) is 0 Å². The highest BCUT2D eigenvalue weighted by atomic mass is 79.9. The molecule has 0 N–H and O–H groups in total. The normalized spacial score (nSPS) is 32.4. The summed E-state index contributed by atoms with van der Waals surface area (Å²) in [5.74, 6) is 1.67. The lowest BCUT2D eigenvalue weighted by atomic mass is 9.70. The third-order valence-electron chi connectivity index (χ3n) is 7.03. The minimum atomic E-state index is -0.0780. The van der Waals surface area contributed by atoms with E-state index in [1.165, 1.54) is 22.4 Å². The number of hydrogen-bond donors (Lipinski definition) is 0. The van der Waals surface area contributed by atoms with E-state index in [0.717, 1.165) is 23.9 Å². The summed E-state index contributed by atoms with van der Waals surface area (Å²) in [6.45, 7) is 1.06. The first-order valence-corrected chi connectivity index (χ1v) is 10.7. The molecule has 2 heterocycles. The van der Waals surface area contributed by atoms with Crippen LogP contribution in [0.3, 0.4) is 0 Å². The molecule has 136 valence electrons. The molecule has 2 aliphatic carbocycles. The van der Waals surface area contributed by atoms with E-state index in [-0.39, 0.29) is 5.82 Å². The number of anilines is 1. The molecule has 6 rings (SSSR count). The first-order valence-electron chi connectivity index (χ1n) is 9.89. The average molecular weight is 422 g/mol. The molecule has 0 radical (unpaired) electrons. The fraction of sp³-hybridized carbons (Fsp3) is 0.333.